The van der Waals surface area contributed by atoms with E-state index in [1.54, 1.807) is 25.1 Å². The van der Waals surface area contributed by atoms with E-state index in [1.807, 2.05) is 11.9 Å². The van der Waals surface area contributed by atoms with Crippen LogP contribution in [0.5, 0.6) is 0 Å². The average Bonchev–Trinajstić information content (AvgIpc) is 2.34. The molecule has 1 N–H and O–H groups in total. The number of benzene rings is 1. The first-order chi connectivity index (χ1) is 8.45. The second-order valence-corrected chi connectivity index (χ2v) is 4.46. The molecule has 0 aliphatic carbocycles. The fourth-order valence-corrected chi connectivity index (χ4v) is 1.66. The van der Waals surface area contributed by atoms with Crippen molar-refractivity contribution < 1.29 is 9.90 Å². The summed E-state index contributed by atoms with van der Waals surface area (Å²) in [5, 5.41) is 18.3. The van der Waals surface area contributed by atoms with E-state index >= 15 is 0 Å². The van der Waals surface area contributed by atoms with Crippen LogP contribution in [0.4, 0.5) is 5.69 Å². The molecule has 1 aromatic carbocycles. The highest BCUT2D eigenvalue weighted by molar-refractivity contribution is 5.95. The molecule has 1 rings (SSSR count). The summed E-state index contributed by atoms with van der Waals surface area (Å²) >= 11 is 0. The molecule has 0 saturated carbocycles. The monoisotopic (exact) mass is 246 g/mol. The summed E-state index contributed by atoms with van der Waals surface area (Å²) < 4.78 is 0. The lowest BCUT2D eigenvalue weighted by molar-refractivity contribution is 0.101. The first-order valence-electron chi connectivity index (χ1n) is 5.90. The molecule has 1 unspecified atom stereocenters. The van der Waals surface area contributed by atoms with Crippen LogP contribution in [-0.4, -0.2) is 30.6 Å². The number of ketones is 1. The van der Waals surface area contributed by atoms with Crippen molar-refractivity contribution >= 4 is 11.5 Å². The molecule has 0 aliphatic heterocycles. The molecule has 96 valence electrons. The van der Waals surface area contributed by atoms with Gasteiger partial charge in [0.2, 0.25) is 0 Å². The number of anilines is 1. The summed E-state index contributed by atoms with van der Waals surface area (Å²) in [4.78, 5) is 13.2. The molecule has 0 amide bonds. The van der Waals surface area contributed by atoms with Gasteiger partial charge in [0.05, 0.1) is 17.4 Å². The molecule has 0 radical (unpaired) electrons. The molecule has 1 aromatic rings. The molecule has 18 heavy (non-hydrogen) atoms. The molecular formula is C14H18N2O2. The Morgan fingerprint density at radius 2 is 2.22 bits per heavy atom. The zero-order valence-corrected chi connectivity index (χ0v) is 11.0. The van der Waals surface area contributed by atoms with E-state index in [9.17, 15) is 9.90 Å². The molecule has 1 atom stereocenters. The Morgan fingerprint density at radius 1 is 1.56 bits per heavy atom. The third-order valence-electron chi connectivity index (χ3n) is 2.82. The second kappa shape index (κ2) is 6.18. The minimum atomic E-state index is -0.381. The summed E-state index contributed by atoms with van der Waals surface area (Å²) in [5.74, 6) is -0.0235. The lowest BCUT2D eigenvalue weighted by atomic mass is 10.1. The van der Waals surface area contributed by atoms with Crippen LogP contribution in [-0.2, 0) is 0 Å². The van der Waals surface area contributed by atoms with Crippen molar-refractivity contribution in [1.29, 1.82) is 5.26 Å². The van der Waals surface area contributed by atoms with Crippen LogP contribution >= 0.6 is 0 Å². The molecule has 0 spiro atoms. The normalized spacial score (nSPS) is 11.7. The van der Waals surface area contributed by atoms with Gasteiger partial charge in [0.1, 0.15) is 6.07 Å². The molecule has 0 aromatic heterocycles. The summed E-state index contributed by atoms with van der Waals surface area (Å²) in [6.07, 6.45) is 0.236. The second-order valence-electron chi connectivity index (χ2n) is 4.46. The third-order valence-corrected chi connectivity index (χ3v) is 2.82. The molecule has 0 fully saturated rings. The van der Waals surface area contributed by atoms with Gasteiger partial charge in [0.25, 0.3) is 0 Å². The van der Waals surface area contributed by atoms with Crippen LogP contribution < -0.4 is 4.90 Å². The first kappa shape index (κ1) is 14.2. The van der Waals surface area contributed by atoms with Gasteiger partial charge in [-0.15, -0.1) is 0 Å². The number of nitrogens with zero attached hydrogens (tertiary/aromatic N) is 2. The molecular weight excluding hydrogens is 228 g/mol. The van der Waals surface area contributed by atoms with Crippen molar-refractivity contribution in [1.82, 2.24) is 0 Å². The Balaban J connectivity index is 3.01. The zero-order chi connectivity index (χ0) is 13.7. The molecule has 4 nitrogen and oxygen atoms in total. The maximum absolute atomic E-state index is 11.3. The minimum absolute atomic E-state index is 0.0235. The van der Waals surface area contributed by atoms with Crippen molar-refractivity contribution in [3.05, 3.63) is 29.3 Å². The van der Waals surface area contributed by atoms with Gasteiger partial charge < -0.3 is 10.0 Å². The van der Waals surface area contributed by atoms with Crippen LogP contribution in [0, 0.1) is 11.3 Å². The highest BCUT2D eigenvalue weighted by atomic mass is 16.3. The van der Waals surface area contributed by atoms with E-state index < -0.39 is 0 Å². The van der Waals surface area contributed by atoms with E-state index in [1.165, 1.54) is 6.92 Å². The van der Waals surface area contributed by atoms with E-state index in [-0.39, 0.29) is 11.9 Å². The fraction of sp³-hybridized carbons (Fsp3) is 0.429. The lowest BCUT2D eigenvalue weighted by Crippen LogP contribution is -2.23. The van der Waals surface area contributed by atoms with E-state index in [4.69, 9.17) is 5.26 Å². The summed E-state index contributed by atoms with van der Waals surface area (Å²) in [7, 11) is 1.85. The number of hydrogen-bond donors (Lipinski definition) is 1. The van der Waals surface area contributed by atoms with Crippen LogP contribution in [0.25, 0.3) is 0 Å². The minimum Gasteiger partial charge on any atom is -0.393 e. The van der Waals surface area contributed by atoms with Crippen molar-refractivity contribution in [3.63, 3.8) is 0 Å². The lowest BCUT2D eigenvalue weighted by Gasteiger charge is -2.21. The average molecular weight is 246 g/mol. The predicted molar refractivity (Wildman–Crippen MR) is 70.7 cm³/mol. The van der Waals surface area contributed by atoms with Crippen molar-refractivity contribution in [3.8, 4) is 6.07 Å². The number of Topliss-reactive ketones (excluding diaryl/α,β-unsaturated/α-hetero) is 1. The number of carbonyl (C=O) groups excluding carboxylic acids is 1. The van der Waals surface area contributed by atoms with Crippen LogP contribution in [0.3, 0.4) is 0 Å². The predicted octanol–water partition coefficient (Wildman–Crippen LogP) is 1.97. The van der Waals surface area contributed by atoms with E-state index in [0.29, 0.717) is 24.1 Å². The highest BCUT2D eigenvalue weighted by Gasteiger charge is 2.11. The number of aliphatic hydroxyl groups is 1. The SMILES string of the molecule is CC(=O)c1ccc(C#N)c(N(C)CCC(C)O)c1. The van der Waals surface area contributed by atoms with Gasteiger partial charge in [0, 0.05) is 19.2 Å². The van der Waals surface area contributed by atoms with Gasteiger partial charge >= 0.3 is 0 Å². The number of rotatable bonds is 5. The standard InChI is InChI=1S/C14H18N2O2/c1-10(17)6-7-16(3)14-8-12(11(2)18)4-5-13(14)9-15/h4-5,8,10,17H,6-7H2,1-3H3. The smallest absolute Gasteiger partial charge is 0.159 e. The largest absolute Gasteiger partial charge is 0.393 e. The zero-order valence-electron chi connectivity index (χ0n) is 11.0. The molecule has 0 saturated heterocycles. The van der Waals surface area contributed by atoms with Crippen LogP contribution in [0.15, 0.2) is 18.2 Å². The van der Waals surface area contributed by atoms with Crippen LogP contribution in [0.1, 0.15) is 36.2 Å². The van der Waals surface area contributed by atoms with Crippen molar-refractivity contribution in [2.75, 3.05) is 18.5 Å². The number of hydrogen-bond acceptors (Lipinski definition) is 4. The molecule has 0 bridgehead atoms. The van der Waals surface area contributed by atoms with Gasteiger partial charge in [0.15, 0.2) is 5.78 Å². The van der Waals surface area contributed by atoms with Gasteiger partial charge in [-0.1, -0.05) is 0 Å². The highest BCUT2D eigenvalue weighted by Crippen LogP contribution is 2.21. The Bertz CT molecular complexity index is 475. The van der Waals surface area contributed by atoms with Crippen LogP contribution in [0.2, 0.25) is 0 Å². The van der Waals surface area contributed by atoms with E-state index in [0.717, 1.165) is 5.69 Å². The maximum atomic E-state index is 11.3. The summed E-state index contributed by atoms with van der Waals surface area (Å²) in [6.45, 7) is 3.86. The van der Waals surface area contributed by atoms with Gasteiger partial charge in [-0.25, -0.2) is 0 Å². The Morgan fingerprint density at radius 3 is 2.72 bits per heavy atom. The van der Waals surface area contributed by atoms with Gasteiger partial charge in [-0.2, -0.15) is 5.26 Å². The third kappa shape index (κ3) is 3.57. The topological polar surface area (TPSA) is 64.3 Å². The number of aliphatic hydroxyl groups excluding tert-OH is 1. The molecule has 0 heterocycles. The fourth-order valence-electron chi connectivity index (χ4n) is 1.66. The number of nitriles is 1. The summed E-state index contributed by atoms with van der Waals surface area (Å²) in [6, 6.07) is 7.16. The molecule has 0 aliphatic rings. The Hall–Kier alpha value is -1.86. The van der Waals surface area contributed by atoms with Gasteiger partial charge in [-0.3, -0.25) is 4.79 Å². The summed E-state index contributed by atoms with van der Waals surface area (Å²) in [5.41, 5.74) is 1.85. The Labute approximate surface area is 107 Å². The maximum Gasteiger partial charge on any atom is 0.159 e. The van der Waals surface area contributed by atoms with Crippen molar-refractivity contribution in [2.45, 2.75) is 26.4 Å². The molecule has 4 heteroatoms. The van der Waals surface area contributed by atoms with Gasteiger partial charge in [-0.05, 0) is 38.5 Å². The number of carbonyl (C=O) groups is 1. The first-order valence-corrected chi connectivity index (χ1v) is 5.90. The van der Waals surface area contributed by atoms with E-state index in [2.05, 4.69) is 6.07 Å². The quantitative estimate of drug-likeness (QED) is 0.807. The van der Waals surface area contributed by atoms with Crippen molar-refractivity contribution in [2.24, 2.45) is 0 Å². The Kier molecular flexibility index (Phi) is 4.87.